The fraction of sp³-hybridized carbons (Fsp3) is 0.400. The summed E-state index contributed by atoms with van der Waals surface area (Å²) < 4.78 is 50.1. The number of likely N-dealkylation sites (N-methyl/N-ethyl adjacent to an activating group) is 1. The minimum atomic E-state index is -4.73. The van der Waals surface area contributed by atoms with Crippen LogP contribution < -0.4 is 5.32 Å². The maximum absolute atomic E-state index is 12.9. The molecule has 2 nitrogen and oxygen atoms in total. The lowest BCUT2D eigenvalue weighted by Gasteiger charge is -2.16. The number of aliphatic hydroxyl groups excluding tert-OH is 1. The summed E-state index contributed by atoms with van der Waals surface area (Å²) in [6, 6.07) is 2.02. The molecule has 1 aromatic rings. The molecule has 6 heteroatoms. The van der Waals surface area contributed by atoms with E-state index >= 15 is 0 Å². The fourth-order valence-corrected chi connectivity index (χ4v) is 1.34. The van der Waals surface area contributed by atoms with E-state index < -0.39 is 23.6 Å². The predicted molar refractivity (Wildman–Crippen MR) is 50.3 cm³/mol. The van der Waals surface area contributed by atoms with E-state index in [1.807, 2.05) is 0 Å². The van der Waals surface area contributed by atoms with E-state index in [1.165, 1.54) is 13.1 Å². The zero-order chi connectivity index (χ0) is 12.3. The molecular formula is C10H11F4NO. The first-order valence-corrected chi connectivity index (χ1v) is 4.55. The largest absolute Gasteiger partial charge is 0.419 e. The monoisotopic (exact) mass is 237 g/mol. The number of nitrogens with one attached hydrogen (secondary N) is 1. The van der Waals surface area contributed by atoms with Crippen molar-refractivity contribution in [3.63, 3.8) is 0 Å². The molecule has 0 saturated carbocycles. The highest BCUT2D eigenvalue weighted by Gasteiger charge is 2.34. The standard InChI is InChI=1S/C10H11F4NO/c1-15-9(5-16)6-2-3-8(11)7(4-6)10(12,13)14/h2-4,9,15-16H,5H2,1H3/t9-/m1/s1. The first-order valence-electron chi connectivity index (χ1n) is 4.55. The van der Waals surface area contributed by atoms with Crippen LogP contribution in [0.1, 0.15) is 17.2 Å². The summed E-state index contributed by atoms with van der Waals surface area (Å²) in [6.07, 6.45) is -4.73. The van der Waals surface area contributed by atoms with Crippen LogP contribution in [0, 0.1) is 5.82 Å². The summed E-state index contributed by atoms with van der Waals surface area (Å²) in [5.41, 5.74) is -1.13. The van der Waals surface area contributed by atoms with Crippen molar-refractivity contribution in [2.75, 3.05) is 13.7 Å². The predicted octanol–water partition coefficient (Wildman–Crippen LogP) is 2.10. The van der Waals surface area contributed by atoms with E-state index in [-0.39, 0.29) is 12.2 Å². The third-order valence-electron chi connectivity index (χ3n) is 2.23. The fourth-order valence-electron chi connectivity index (χ4n) is 1.34. The SMILES string of the molecule is CN[C@H](CO)c1ccc(F)c(C(F)(F)F)c1. The first-order chi connectivity index (χ1) is 7.40. The number of rotatable bonds is 3. The van der Waals surface area contributed by atoms with E-state index in [9.17, 15) is 17.6 Å². The summed E-state index contributed by atoms with van der Waals surface area (Å²) in [5, 5.41) is 11.5. The van der Waals surface area contributed by atoms with Crippen LogP contribution in [0.25, 0.3) is 0 Å². The Hall–Kier alpha value is -1.14. The minimum Gasteiger partial charge on any atom is -0.394 e. The normalized spacial score (nSPS) is 13.9. The number of alkyl halides is 3. The van der Waals surface area contributed by atoms with Gasteiger partial charge in [-0.2, -0.15) is 13.2 Å². The van der Waals surface area contributed by atoms with Gasteiger partial charge in [-0.3, -0.25) is 0 Å². The number of aliphatic hydroxyl groups is 1. The molecule has 0 unspecified atom stereocenters. The van der Waals surface area contributed by atoms with Gasteiger partial charge in [-0.15, -0.1) is 0 Å². The molecule has 0 bridgehead atoms. The Labute approximate surface area is 89.9 Å². The molecule has 90 valence electrons. The number of hydrogen-bond donors (Lipinski definition) is 2. The van der Waals surface area contributed by atoms with Crippen LogP contribution in [-0.4, -0.2) is 18.8 Å². The summed E-state index contributed by atoms with van der Waals surface area (Å²) in [4.78, 5) is 0. The molecular weight excluding hydrogens is 226 g/mol. The van der Waals surface area contributed by atoms with Gasteiger partial charge in [0.2, 0.25) is 0 Å². The van der Waals surface area contributed by atoms with Gasteiger partial charge in [0.05, 0.1) is 18.2 Å². The third-order valence-corrected chi connectivity index (χ3v) is 2.23. The van der Waals surface area contributed by atoms with Gasteiger partial charge in [-0.1, -0.05) is 6.07 Å². The van der Waals surface area contributed by atoms with Gasteiger partial charge in [0.15, 0.2) is 0 Å². The Morgan fingerprint density at radius 3 is 2.44 bits per heavy atom. The number of halogens is 4. The minimum absolute atomic E-state index is 0.193. The third kappa shape index (κ3) is 2.70. The molecule has 0 radical (unpaired) electrons. The molecule has 16 heavy (non-hydrogen) atoms. The molecule has 0 spiro atoms. The Morgan fingerprint density at radius 2 is 2.00 bits per heavy atom. The number of hydrogen-bond acceptors (Lipinski definition) is 2. The molecule has 0 aliphatic rings. The maximum atomic E-state index is 12.9. The molecule has 1 atom stereocenters. The van der Waals surface area contributed by atoms with Crippen molar-refractivity contribution >= 4 is 0 Å². The van der Waals surface area contributed by atoms with Crippen LogP contribution in [0.15, 0.2) is 18.2 Å². The van der Waals surface area contributed by atoms with Crippen LogP contribution in [0.2, 0.25) is 0 Å². The van der Waals surface area contributed by atoms with Crippen LogP contribution in [0.5, 0.6) is 0 Å². The topological polar surface area (TPSA) is 32.3 Å². The van der Waals surface area contributed by atoms with E-state index in [4.69, 9.17) is 5.11 Å². The molecule has 0 aliphatic carbocycles. The molecule has 0 amide bonds. The second-order valence-corrected chi connectivity index (χ2v) is 3.26. The highest BCUT2D eigenvalue weighted by molar-refractivity contribution is 5.29. The average Bonchev–Trinajstić information content (AvgIpc) is 2.20. The smallest absolute Gasteiger partial charge is 0.394 e. The first kappa shape index (κ1) is 12.9. The molecule has 0 fully saturated rings. The van der Waals surface area contributed by atoms with Gasteiger partial charge < -0.3 is 10.4 Å². The van der Waals surface area contributed by atoms with Gasteiger partial charge in [0.25, 0.3) is 0 Å². The van der Waals surface area contributed by atoms with Crippen molar-refractivity contribution in [2.45, 2.75) is 12.2 Å². The highest BCUT2D eigenvalue weighted by Crippen LogP contribution is 2.32. The van der Waals surface area contributed by atoms with Crippen LogP contribution in [0.3, 0.4) is 0 Å². The van der Waals surface area contributed by atoms with Gasteiger partial charge in [0.1, 0.15) is 5.82 Å². The van der Waals surface area contributed by atoms with Crippen LogP contribution in [0.4, 0.5) is 17.6 Å². The second-order valence-electron chi connectivity index (χ2n) is 3.26. The van der Waals surface area contributed by atoms with Crippen molar-refractivity contribution in [3.05, 3.63) is 35.1 Å². The Balaban J connectivity index is 3.17. The molecule has 0 saturated heterocycles. The van der Waals surface area contributed by atoms with E-state index in [1.54, 1.807) is 0 Å². The van der Waals surface area contributed by atoms with E-state index in [2.05, 4.69) is 5.32 Å². The zero-order valence-corrected chi connectivity index (χ0v) is 8.48. The van der Waals surface area contributed by atoms with Gasteiger partial charge in [-0.25, -0.2) is 4.39 Å². The van der Waals surface area contributed by atoms with E-state index in [0.717, 1.165) is 6.07 Å². The lowest BCUT2D eigenvalue weighted by molar-refractivity contribution is -0.140. The van der Waals surface area contributed by atoms with Gasteiger partial charge in [0, 0.05) is 0 Å². The lowest BCUT2D eigenvalue weighted by atomic mass is 10.0. The van der Waals surface area contributed by atoms with Crippen molar-refractivity contribution in [2.24, 2.45) is 0 Å². The van der Waals surface area contributed by atoms with E-state index in [0.29, 0.717) is 6.07 Å². The quantitative estimate of drug-likeness (QED) is 0.789. The lowest BCUT2D eigenvalue weighted by Crippen LogP contribution is -2.21. The van der Waals surface area contributed by atoms with Crippen molar-refractivity contribution in [3.8, 4) is 0 Å². The molecule has 0 aromatic heterocycles. The molecule has 2 N–H and O–H groups in total. The average molecular weight is 237 g/mol. The van der Waals surface area contributed by atoms with Gasteiger partial charge in [-0.05, 0) is 24.7 Å². The highest BCUT2D eigenvalue weighted by atomic mass is 19.4. The summed E-state index contributed by atoms with van der Waals surface area (Å²) >= 11 is 0. The molecule has 0 heterocycles. The molecule has 0 aliphatic heterocycles. The van der Waals surface area contributed by atoms with Crippen molar-refractivity contribution in [1.29, 1.82) is 0 Å². The van der Waals surface area contributed by atoms with Crippen molar-refractivity contribution < 1.29 is 22.7 Å². The summed E-state index contributed by atoms with van der Waals surface area (Å²) in [5.74, 6) is -1.32. The zero-order valence-electron chi connectivity index (χ0n) is 8.48. The van der Waals surface area contributed by atoms with Crippen molar-refractivity contribution in [1.82, 2.24) is 5.32 Å². The van der Waals surface area contributed by atoms with Crippen LogP contribution in [-0.2, 0) is 6.18 Å². The summed E-state index contributed by atoms with van der Waals surface area (Å²) in [6.45, 7) is -0.362. The Morgan fingerprint density at radius 1 is 1.38 bits per heavy atom. The molecule has 1 rings (SSSR count). The van der Waals surface area contributed by atoms with Crippen LogP contribution >= 0.6 is 0 Å². The number of benzene rings is 1. The molecule has 1 aromatic carbocycles. The maximum Gasteiger partial charge on any atom is 0.419 e. The Bertz CT molecular complexity index is 360. The Kier molecular flexibility index (Phi) is 3.88. The van der Waals surface area contributed by atoms with Gasteiger partial charge >= 0.3 is 6.18 Å². The summed E-state index contributed by atoms with van der Waals surface area (Å²) in [7, 11) is 1.50. The second kappa shape index (κ2) is 4.80.